The minimum Gasteiger partial charge on any atom is -0.351 e. The second-order valence-electron chi connectivity index (χ2n) is 6.39. The number of hydrogen-bond donors (Lipinski definition) is 2. The molecule has 0 spiro atoms. The molecule has 0 radical (unpaired) electrons. The first-order chi connectivity index (χ1) is 9.69. The average molecular weight is 309 g/mol. The molecule has 2 unspecified atom stereocenters. The zero-order chi connectivity index (χ0) is 14.0. The summed E-state index contributed by atoms with van der Waals surface area (Å²) in [6, 6.07) is 10.8. The number of nitrogens with one attached hydrogen (secondary N) is 1. The lowest BCUT2D eigenvalue weighted by molar-refractivity contribution is -0.127. The summed E-state index contributed by atoms with van der Waals surface area (Å²) in [5.41, 5.74) is 6.99. The van der Waals surface area contributed by atoms with Crippen LogP contribution in [0.2, 0.25) is 0 Å². The molecule has 2 atom stereocenters. The molecule has 2 aliphatic carbocycles. The fourth-order valence-electron chi connectivity index (χ4n) is 3.78. The zero-order valence-corrected chi connectivity index (χ0v) is 13.2. The lowest BCUT2D eigenvalue weighted by Gasteiger charge is -2.28. The molecule has 116 valence electrons. The van der Waals surface area contributed by atoms with E-state index in [1.165, 1.54) is 12.0 Å². The second-order valence-corrected chi connectivity index (χ2v) is 6.39. The Morgan fingerprint density at radius 2 is 1.76 bits per heavy atom. The predicted molar refractivity (Wildman–Crippen MR) is 87.6 cm³/mol. The van der Waals surface area contributed by atoms with Crippen LogP contribution < -0.4 is 11.1 Å². The molecule has 0 heterocycles. The van der Waals surface area contributed by atoms with Gasteiger partial charge in [0, 0.05) is 12.0 Å². The summed E-state index contributed by atoms with van der Waals surface area (Å²) in [7, 11) is 0. The molecule has 3 nitrogen and oxygen atoms in total. The number of hydrogen-bond acceptors (Lipinski definition) is 2. The van der Waals surface area contributed by atoms with Crippen molar-refractivity contribution in [1.82, 2.24) is 5.32 Å². The first-order valence-corrected chi connectivity index (χ1v) is 7.84. The van der Waals surface area contributed by atoms with Gasteiger partial charge in [-0.15, -0.1) is 12.4 Å². The third-order valence-electron chi connectivity index (χ3n) is 5.01. The van der Waals surface area contributed by atoms with Gasteiger partial charge in [-0.1, -0.05) is 49.6 Å². The van der Waals surface area contributed by atoms with Gasteiger partial charge in [-0.05, 0) is 31.2 Å². The number of carbonyl (C=O) groups excluding carboxylic acids is 1. The van der Waals surface area contributed by atoms with Crippen LogP contribution in [0, 0.1) is 0 Å². The summed E-state index contributed by atoms with van der Waals surface area (Å²) in [6.07, 6.45) is 7.24. The van der Waals surface area contributed by atoms with Gasteiger partial charge in [0.25, 0.3) is 0 Å². The summed E-state index contributed by atoms with van der Waals surface area (Å²) in [5, 5.41) is 3.25. The smallest absolute Gasteiger partial charge is 0.240 e. The summed E-state index contributed by atoms with van der Waals surface area (Å²) in [4.78, 5) is 12.5. The summed E-state index contributed by atoms with van der Waals surface area (Å²) >= 11 is 0. The Morgan fingerprint density at radius 1 is 1.10 bits per heavy atom. The quantitative estimate of drug-likeness (QED) is 0.901. The van der Waals surface area contributed by atoms with E-state index in [1.807, 2.05) is 6.07 Å². The maximum absolute atomic E-state index is 12.5. The van der Waals surface area contributed by atoms with Gasteiger partial charge < -0.3 is 11.1 Å². The third kappa shape index (κ3) is 3.41. The van der Waals surface area contributed by atoms with Crippen LogP contribution in [0.4, 0.5) is 0 Å². The van der Waals surface area contributed by atoms with E-state index in [0.717, 1.165) is 38.5 Å². The van der Waals surface area contributed by atoms with Crippen LogP contribution in [0.5, 0.6) is 0 Å². The fraction of sp³-hybridized carbons (Fsp3) is 0.588. The molecule has 0 aliphatic heterocycles. The van der Waals surface area contributed by atoms with Crippen molar-refractivity contribution in [2.24, 2.45) is 5.73 Å². The van der Waals surface area contributed by atoms with Crippen LogP contribution in [-0.2, 0) is 4.79 Å². The van der Waals surface area contributed by atoms with Crippen molar-refractivity contribution in [3.8, 4) is 0 Å². The van der Waals surface area contributed by atoms with E-state index in [4.69, 9.17) is 5.73 Å². The molecule has 1 amide bonds. The summed E-state index contributed by atoms with van der Waals surface area (Å²) in [6.45, 7) is 0. The second kappa shape index (κ2) is 6.80. The summed E-state index contributed by atoms with van der Waals surface area (Å²) in [5.74, 6) is 0.521. The largest absolute Gasteiger partial charge is 0.351 e. The normalized spacial score (nSPS) is 27.1. The Morgan fingerprint density at radius 3 is 2.43 bits per heavy atom. The molecule has 3 N–H and O–H groups in total. The Labute approximate surface area is 133 Å². The summed E-state index contributed by atoms with van der Waals surface area (Å²) < 4.78 is 0. The van der Waals surface area contributed by atoms with Crippen LogP contribution in [0.3, 0.4) is 0 Å². The number of rotatable bonds is 3. The van der Waals surface area contributed by atoms with Crippen LogP contribution in [0.15, 0.2) is 30.3 Å². The van der Waals surface area contributed by atoms with E-state index < -0.39 is 5.54 Å². The molecule has 2 aliphatic rings. The van der Waals surface area contributed by atoms with Crippen molar-refractivity contribution < 1.29 is 4.79 Å². The maximum atomic E-state index is 12.5. The average Bonchev–Trinajstić information content (AvgIpc) is 3.10. The minimum atomic E-state index is -0.607. The number of halogens is 1. The van der Waals surface area contributed by atoms with Gasteiger partial charge in [0.2, 0.25) is 5.91 Å². The number of nitrogens with two attached hydrogens (primary N) is 1. The van der Waals surface area contributed by atoms with Crippen LogP contribution in [-0.4, -0.2) is 17.5 Å². The van der Waals surface area contributed by atoms with Gasteiger partial charge in [0.1, 0.15) is 0 Å². The Kier molecular flexibility index (Phi) is 5.28. The molecule has 2 saturated carbocycles. The Balaban J connectivity index is 0.00000161. The highest BCUT2D eigenvalue weighted by molar-refractivity contribution is 5.86. The lowest BCUT2D eigenvalue weighted by Crippen LogP contribution is -2.54. The van der Waals surface area contributed by atoms with E-state index in [1.54, 1.807) is 0 Å². The number of amides is 1. The predicted octanol–water partition coefficient (Wildman–Crippen LogP) is 3.13. The topological polar surface area (TPSA) is 55.1 Å². The van der Waals surface area contributed by atoms with Crippen molar-refractivity contribution in [1.29, 1.82) is 0 Å². The molecule has 0 bridgehead atoms. The Hall–Kier alpha value is -1.06. The first-order valence-electron chi connectivity index (χ1n) is 7.84. The lowest BCUT2D eigenvalue weighted by atomic mass is 9.92. The fourth-order valence-corrected chi connectivity index (χ4v) is 3.78. The van der Waals surface area contributed by atoms with E-state index in [0.29, 0.717) is 5.92 Å². The van der Waals surface area contributed by atoms with Gasteiger partial charge in [-0.2, -0.15) is 0 Å². The van der Waals surface area contributed by atoms with Crippen LogP contribution in [0.25, 0.3) is 0 Å². The van der Waals surface area contributed by atoms with Crippen molar-refractivity contribution >= 4 is 18.3 Å². The van der Waals surface area contributed by atoms with Crippen molar-refractivity contribution in [2.45, 2.75) is 62.4 Å². The number of benzene rings is 1. The van der Waals surface area contributed by atoms with Crippen molar-refractivity contribution in [2.75, 3.05) is 0 Å². The van der Waals surface area contributed by atoms with E-state index >= 15 is 0 Å². The molecular formula is C17H25ClN2O. The first kappa shape index (κ1) is 16.3. The van der Waals surface area contributed by atoms with E-state index in [2.05, 4.69) is 29.6 Å². The van der Waals surface area contributed by atoms with Crippen LogP contribution in [0.1, 0.15) is 56.4 Å². The highest BCUT2D eigenvalue weighted by Gasteiger charge is 2.39. The molecule has 0 saturated heterocycles. The molecule has 4 heteroatoms. The standard InChI is InChI=1S/C17H24N2O.ClH/c18-17(11-4-5-12-17)16(20)19-15-10-6-9-14(15)13-7-2-1-3-8-13;/h1-3,7-8,14-15H,4-6,9-12,18H2,(H,19,20);1H. The minimum absolute atomic E-state index is 0. The van der Waals surface area contributed by atoms with Gasteiger partial charge in [0.05, 0.1) is 5.54 Å². The van der Waals surface area contributed by atoms with Crippen molar-refractivity contribution in [3.05, 3.63) is 35.9 Å². The van der Waals surface area contributed by atoms with Gasteiger partial charge in [0.15, 0.2) is 0 Å². The molecule has 1 aromatic rings. The van der Waals surface area contributed by atoms with E-state index in [-0.39, 0.29) is 24.4 Å². The van der Waals surface area contributed by atoms with E-state index in [9.17, 15) is 4.79 Å². The van der Waals surface area contributed by atoms with Crippen LogP contribution >= 0.6 is 12.4 Å². The number of carbonyl (C=O) groups is 1. The molecule has 3 rings (SSSR count). The highest BCUT2D eigenvalue weighted by atomic mass is 35.5. The molecule has 21 heavy (non-hydrogen) atoms. The molecular weight excluding hydrogens is 284 g/mol. The Bertz CT molecular complexity index is 471. The van der Waals surface area contributed by atoms with Gasteiger partial charge in [-0.3, -0.25) is 4.79 Å². The van der Waals surface area contributed by atoms with Crippen molar-refractivity contribution in [3.63, 3.8) is 0 Å². The third-order valence-corrected chi connectivity index (χ3v) is 5.01. The monoisotopic (exact) mass is 308 g/mol. The SMILES string of the molecule is Cl.NC1(C(=O)NC2CCCC2c2ccccc2)CCCC1. The molecule has 1 aromatic carbocycles. The molecule has 2 fully saturated rings. The maximum Gasteiger partial charge on any atom is 0.240 e. The van der Waals surface area contributed by atoms with Gasteiger partial charge >= 0.3 is 0 Å². The molecule has 0 aromatic heterocycles. The zero-order valence-electron chi connectivity index (χ0n) is 12.4. The van der Waals surface area contributed by atoms with Gasteiger partial charge in [-0.25, -0.2) is 0 Å². The highest BCUT2D eigenvalue weighted by Crippen LogP contribution is 2.35.